The number of nitrogens with zero attached hydrogens (tertiary/aromatic N) is 1. The van der Waals surface area contributed by atoms with Crippen LogP contribution in [0.1, 0.15) is 36.6 Å². The third kappa shape index (κ3) is 2.19. The zero-order valence-electron chi connectivity index (χ0n) is 14.2. The molecule has 1 aromatic carbocycles. The zero-order chi connectivity index (χ0) is 17.1. The van der Waals surface area contributed by atoms with Crippen LogP contribution in [0.4, 0.5) is 0 Å². The Hall–Kier alpha value is -1.85. The molecule has 2 fully saturated rings. The molecule has 0 amide bonds. The summed E-state index contributed by atoms with van der Waals surface area (Å²) in [5.74, 6) is -0.988. The summed E-state index contributed by atoms with van der Waals surface area (Å²) in [5.41, 5.74) is 3.52. The molecule has 132 valence electrons. The van der Waals surface area contributed by atoms with Crippen LogP contribution < -0.4 is 0 Å². The summed E-state index contributed by atoms with van der Waals surface area (Å²) in [5, 5.41) is 22.2. The van der Waals surface area contributed by atoms with Gasteiger partial charge in [0.15, 0.2) is 0 Å². The van der Waals surface area contributed by atoms with Crippen molar-refractivity contribution < 1.29 is 15.0 Å². The topological polar surface area (TPSA) is 76.6 Å². The highest BCUT2D eigenvalue weighted by Crippen LogP contribution is 2.49. The molecule has 1 saturated heterocycles. The average molecular weight is 340 g/mol. The summed E-state index contributed by atoms with van der Waals surface area (Å²) in [4.78, 5) is 17.7. The maximum absolute atomic E-state index is 11.8. The number of fused-ring (bicyclic) bond motifs is 6. The number of hydrogen-bond donors (Lipinski definition) is 3. The number of H-pyrrole nitrogens is 1. The van der Waals surface area contributed by atoms with Crippen LogP contribution in [0, 0.1) is 17.8 Å². The summed E-state index contributed by atoms with van der Waals surface area (Å²) in [6, 6.07) is 8.20. The molecule has 1 aliphatic carbocycles. The minimum Gasteiger partial charge on any atom is -0.481 e. The van der Waals surface area contributed by atoms with Crippen molar-refractivity contribution >= 4 is 16.9 Å². The van der Waals surface area contributed by atoms with E-state index >= 15 is 0 Å². The molecule has 1 aromatic heterocycles. The summed E-state index contributed by atoms with van der Waals surface area (Å²) < 4.78 is 0. The standard InChI is InChI=1S/C20H24N2O3/c23-19-16-11(4-3-6-14(16)20(24)25)10-22-9-8-13-12-5-1-2-7-15(12)21-17(13)18(19)22/h1-2,5,7,11,14,16,18-19,21,23H,3-4,6,8-10H2,(H,24,25)/t11-,14-,16-,18-,19+/m0/s1. The Balaban J connectivity index is 1.59. The number of aliphatic carboxylic acids is 1. The first-order valence-electron chi connectivity index (χ1n) is 9.39. The van der Waals surface area contributed by atoms with Crippen molar-refractivity contribution in [2.24, 2.45) is 17.8 Å². The summed E-state index contributed by atoms with van der Waals surface area (Å²) in [6.07, 6.45) is 3.06. The van der Waals surface area contributed by atoms with Gasteiger partial charge < -0.3 is 15.2 Å². The van der Waals surface area contributed by atoms with Crippen molar-refractivity contribution in [3.63, 3.8) is 0 Å². The van der Waals surface area contributed by atoms with E-state index in [0.29, 0.717) is 12.3 Å². The monoisotopic (exact) mass is 340 g/mol. The Morgan fingerprint density at radius 3 is 2.92 bits per heavy atom. The van der Waals surface area contributed by atoms with E-state index in [9.17, 15) is 15.0 Å². The van der Waals surface area contributed by atoms with E-state index in [2.05, 4.69) is 28.1 Å². The first kappa shape index (κ1) is 15.4. The highest BCUT2D eigenvalue weighted by atomic mass is 16.4. The first-order chi connectivity index (χ1) is 12.1. The molecular formula is C20H24N2O3. The minimum atomic E-state index is -0.741. The zero-order valence-corrected chi connectivity index (χ0v) is 14.2. The number of carbonyl (C=O) groups is 1. The minimum absolute atomic E-state index is 0.0997. The van der Waals surface area contributed by atoms with E-state index in [1.54, 1.807) is 0 Å². The predicted octanol–water partition coefficient (Wildman–Crippen LogP) is 2.56. The fourth-order valence-corrected chi connectivity index (χ4v) is 5.75. The number of carboxylic acid groups (broad SMARTS) is 1. The van der Waals surface area contributed by atoms with Crippen LogP contribution in [0.5, 0.6) is 0 Å². The summed E-state index contributed by atoms with van der Waals surface area (Å²) in [6.45, 7) is 1.85. The van der Waals surface area contributed by atoms with E-state index in [4.69, 9.17) is 0 Å². The highest BCUT2D eigenvalue weighted by Gasteiger charge is 2.51. The molecule has 0 radical (unpaired) electrons. The van der Waals surface area contributed by atoms with Crippen LogP contribution in [0.2, 0.25) is 0 Å². The number of aromatic nitrogens is 1. The Kier molecular flexibility index (Phi) is 3.44. The van der Waals surface area contributed by atoms with Crippen LogP contribution in [0.3, 0.4) is 0 Å². The van der Waals surface area contributed by atoms with Crippen LogP contribution in [0.25, 0.3) is 10.9 Å². The summed E-state index contributed by atoms with van der Waals surface area (Å²) >= 11 is 0. The van der Waals surface area contributed by atoms with Gasteiger partial charge in [-0.15, -0.1) is 0 Å². The SMILES string of the molecule is O=C(O)[C@H]1CCC[C@H]2CN3CCc4c([nH]c5ccccc45)[C@H]3[C@H](O)[C@@H]21. The van der Waals surface area contributed by atoms with E-state index in [1.807, 2.05) is 6.07 Å². The van der Waals surface area contributed by atoms with Gasteiger partial charge in [0.2, 0.25) is 0 Å². The smallest absolute Gasteiger partial charge is 0.306 e. The van der Waals surface area contributed by atoms with Crippen molar-refractivity contribution in [2.45, 2.75) is 37.8 Å². The van der Waals surface area contributed by atoms with Crippen molar-refractivity contribution in [3.8, 4) is 0 Å². The lowest BCUT2D eigenvalue weighted by Gasteiger charge is -2.52. The molecule has 3 aliphatic rings. The second kappa shape index (κ2) is 5.58. The fourth-order valence-electron chi connectivity index (χ4n) is 5.75. The number of carboxylic acids is 1. The van der Waals surface area contributed by atoms with E-state index in [0.717, 1.165) is 43.6 Å². The molecule has 1 saturated carbocycles. The normalized spacial score (nSPS) is 35.0. The van der Waals surface area contributed by atoms with Gasteiger partial charge in [-0.3, -0.25) is 9.69 Å². The van der Waals surface area contributed by atoms with Crippen LogP contribution in [-0.4, -0.2) is 45.3 Å². The van der Waals surface area contributed by atoms with Gasteiger partial charge in [0, 0.05) is 35.6 Å². The second-order valence-corrected chi connectivity index (χ2v) is 7.96. The van der Waals surface area contributed by atoms with Crippen molar-refractivity contribution in [3.05, 3.63) is 35.5 Å². The molecule has 2 aromatic rings. The van der Waals surface area contributed by atoms with Crippen LogP contribution in [0.15, 0.2) is 24.3 Å². The lowest BCUT2D eigenvalue weighted by molar-refractivity contribution is -0.157. The number of aliphatic hydroxyl groups excluding tert-OH is 1. The molecule has 3 heterocycles. The molecule has 5 nitrogen and oxygen atoms in total. The number of benzene rings is 1. The molecule has 0 bridgehead atoms. The largest absolute Gasteiger partial charge is 0.481 e. The maximum atomic E-state index is 11.8. The number of nitrogens with one attached hydrogen (secondary N) is 1. The van der Waals surface area contributed by atoms with Crippen molar-refractivity contribution in [1.29, 1.82) is 0 Å². The van der Waals surface area contributed by atoms with Gasteiger partial charge in [-0.1, -0.05) is 24.6 Å². The highest BCUT2D eigenvalue weighted by molar-refractivity contribution is 5.85. The quantitative estimate of drug-likeness (QED) is 0.746. The number of piperidine rings is 1. The molecule has 0 unspecified atom stereocenters. The van der Waals surface area contributed by atoms with Gasteiger partial charge >= 0.3 is 5.97 Å². The lowest BCUT2D eigenvalue weighted by atomic mass is 9.64. The van der Waals surface area contributed by atoms with Gasteiger partial charge in [-0.2, -0.15) is 0 Å². The molecule has 2 aliphatic heterocycles. The number of aliphatic hydroxyl groups is 1. The molecule has 3 N–H and O–H groups in total. The molecule has 5 rings (SSSR count). The molecule has 0 spiro atoms. The molecule has 5 atom stereocenters. The number of hydrogen-bond acceptors (Lipinski definition) is 3. The van der Waals surface area contributed by atoms with Gasteiger partial charge in [-0.25, -0.2) is 0 Å². The molecule has 25 heavy (non-hydrogen) atoms. The third-order valence-corrected chi connectivity index (χ3v) is 6.79. The lowest BCUT2D eigenvalue weighted by Crippen LogP contribution is -2.57. The Labute approximate surface area is 146 Å². The Morgan fingerprint density at radius 1 is 1.24 bits per heavy atom. The van der Waals surface area contributed by atoms with Crippen molar-refractivity contribution in [1.82, 2.24) is 9.88 Å². The van der Waals surface area contributed by atoms with Gasteiger partial charge in [0.1, 0.15) is 0 Å². The first-order valence-corrected chi connectivity index (χ1v) is 9.39. The van der Waals surface area contributed by atoms with E-state index < -0.39 is 18.0 Å². The molecular weight excluding hydrogens is 316 g/mol. The van der Waals surface area contributed by atoms with Gasteiger partial charge in [-0.05, 0) is 36.8 Å². The third-order valence-electron chi connectivity index (χ3n) is 6.79. The van der Waals surface area contributed by atoms with E-state index in [-0.39, 0.29) is 12.0 Å². The van der Waals surface area contributed by atoms with Crippen LogP contribution in [-0.2, 0) is 11.2 Å². The van der Waals surface area contributed by atoms with Crippen LogP contribution >= 0.6 is 0 Å². The predicted molar refractivity (Wildman–Crippen MR) is 94.3 cm³/mol. The Morgan fingerprint density at radius 2 is 2.08 bits per heavy atom. The van der Waals surface area contributed by atoms with E-state index in [1.165, 1.54) is 10.9 Å². The van der Waals surface area contributed by atoms with Gasteiger partial charge in [0.25, 0.3) is 0 Å². The number of para-hydroxylation sites is 1. The molecule has 5 heteroatoms. The number of rotatable bonds is 1. The van der Waals surface area contributed by atoms with Gasteiger partial charge in [0.05, 0.1) is 18.1 Å². The second-order valence-electron chi connectivity index (χ2n) is 7.96. The maximum Gasteiger partial charge on any atom is 0.306 e. The Bertz CT molecular complexity index is 829. The summed E-state index contributed by atoms with van der Waals surface area (Å²) in [7, 11) is 0. The number of aromatic amines is 1. The average Bonchev–Trinajstić information content (AvgIpc) is 2.99. The fraction of sp³-hybridized carbons (Fsp3) is 0.550. The van der Waals surface area contributed by atoms with Crippen molar-refractivity contribution in [2.75, 3.05) is 13.1 Å².